The normalized spacial score (nSPS) is 23.1. The van der Waals surface area contributed by atoms with Gasteiger partial charge in [0.05, 0.1) is 6.61 Å². The summed E-state index contributed by atoms with van der Waals surface area (Å²) >= 11 is 10.9. The number of hydrogen-bond donors (Lipinski definition) is 0. The van der Waals surface area contributed by atoms with Crippen LogP contribution in [0.5, 0.6) is 0 Å². The van der Waals surface area contributed by atoms with Crippen molar-refractivity contribution in [3.63, 3.8) is 0 Å². The molecule has 1 heterocycles. The third-order valence-electron chi connectivity index (χ3n) is 2.86. The van der Waals surface area contributed by atoms with Gasteiger partial charge in [0, 0.05) is 20.4 Å². The second-order valence-corrected chi connectivity index (χ2v) is 6.80. The predicted molar refractivity (Wildman–Crippen MR) is 77.1 cm³/mol. The molecule has 0 bridgehead atoms. The van der Waals surface area contributed by atoms with E-state index in [-0.39, 0.29) is 0 Å². The van der Waals surface area contributed by atoms with Crippen molar-refractivity contribution in [1.29, 1.82) is 0 Å². The number of hydrogen-bond acceptors (Lipinski definition) is 1. The van der Waals surface area contributed by atoms with E-state index in [1.54, 1.807) is 0 Å². The van der Waals surface area contributed by atoms with Crippen LogP contribution in [0, 0.1) is 5.92 Å². The molecule has 1 aliphatic heterocycles. The van der Waals surface area contributed by atoms with Crippen LogP contribution in [0.2, 0.25) is 0 Å². The highest BCUT2D eigenvalue weighted by Gasteiger charge is 2.24. The SMILES string of the molecule is Brc1ccc(Br)c(C(Br)C2CCCOC2)c1. The molecule has 0 radical (unpaired) electrons. The average molecular weight is 413 g/mol. The van der Waals surface area contributed by atoms with Crippen LogP contribution in [-0.4, -0.2) is 13.2 Å². The van der Waals surface area contributed by atoms with E-state index in [0.717, 1.165) is 22.2 Å². The molecule has 1 saturated heterocycles. The highest BCUT2D eigenvalue weighted by molar-refractivity contribution is 9.11. The summed E-state index contributed by atoms with van der Waals surface area (Å²) in [6.07, 6.45) is 2.40. The molecular weight excluding hydrogens is 400 g/mol. The van der Waals surface area contributed by atoms with Gasteiger partial charge in [-0.25, -0.2) is 0 Å². The zero-order valence-corrected chi connectivity index (χ0v) is 13.5. The molecule has 16 heavy (non-hydrogen) atoms. The lowest BCUT2D eigenvalue weighted by Crippen LogP contribution is -2.21. The Labute approximate surface area is 121 Å². The third kappa shape index (κ3) is 3.09. The van der Waals surface area contributed by atoms with Crippen molar-refractivity contribution >= 4 is 47.8 Å². The van der Waals surface area contributed by atoms with Crippen LogP contribution < -0.4 is 0 Å². The van der Waals surface area contributed by atoms with Crippen molar-refractivity contribution in [3.8, 4) is 0 Å². The van der Waals surface area contributed by atoms with E-state index in [1.807, 2.05) is 6.07 Å². The van der Waals surface area contributed by atoms with Crippen LogP contribution >= 0.6 is 47.8 Å². The number of ether oxygens (including phenoxy) is 1. The molecule has 1 fully saturated rings. The molecule has 1 aliphatic rings. The molecule has 1 aromatic carbocycles. The van der Waals surface area contributed by atoms with E-state index < -0.39 is 0 Å². The molecule has 0 aliphatic carbocycles. The maximum absolute atomic E-state index is 5.54. The summed E-state index contributed by atoms with van der Waals surface area (Å²) in [5.41, 5.74) is 1.30. The van der Waals surface area contributed by atoms with E-state index in [4.69, 9.17) is 4.74 Å². The van der Waals surface area contributed by atoms with Crippen molar-refractivity contribution in [1.82, 2.24) is 0 Å². The van der Waals surface area contributed by atoms with Crippen LogP contribution in [0.15, 0.2) is 27.1 Å². The minimum atomic E-state index is 0.361. The molecule has 4 heteroatoms. The van der Waals surface area contributed by atoms with Gasteiger partial charge < -0.3 is 4.74 Å². The Balaban J connectivity index is 2.18. The van der Waals surface area contributed by atoms with E-state index in [1.165, 1.54) is 18.4 Å². The summed E-state index contributed by atoms with van der Waals surface area (Å²) < 4.78 is 7.81. The Kier molecular flexibility index (Phi) is 4.89. The molecule has 2 rings (SSSR count). The fourth-order valence-electron chi connectivity index (χ4n) is 1.98. The molecule has 1 nitrogen and oxygen atoms in total. The monoisotopic (exact) mass is 410 g/mol. The lowest BCUT2D eigenvalue weighted by Gasteiger charge is -2.27. The summed E-state index contributed by atoms with van der Waals surface area (Å²) in [4.78, 5) is 0.361. The number of benzene rings is 1. The molecule has 2 atom stereocenters. The van der Waals surface area contributed by atoms with Gasteiger partial charge in [-0.15, -0.1) is 0 Å². The first-order chi connectivity index (χ1) is 7.68. The van der Waals surface area contributed by atoms with Crippen molar-refractivity contribution in [2.24, 2.45) is 5.92 Å². The average Bonchev–Trinajstić information content (AvgIpc) is 2.32. The Morgan fingerprint density at radius 2 is 2.12 bits per heavy atom. The number of rotatable bonds is 2. The molecule has 0 N–H and O–H groups in total. The van der Waals surface area contributed by atoms with Gasteiger partial charge >= 0.3 is 0 Å². The second kappa shape index (κ2) is 5.98. The first-order valence-corrected chi connectivity index (χ1v) is 7.85. The van der Waals surface area contributed by atoms with Gasteiger partial charge in [-0.1, -0.05) is 47.8 Å². The molecule has 0 amide bonds. The summed E-state index contributed by atoms with van der Waals surface area (Å²) in [5.74, 6) is 0.569. The maximum Gasteiger partial charge on any atom is 0.0508 e. The van der Waals surface area contributed by atoms with Gasteiger partial charge in [0.1, 0.15) is 0 Å². The van der Waals surface area contributed by atoms with E-state index >= 15 is 0 Å². The fourth-order valence-corrected chi connectivity index (χ4v) is 3.95. The number of alkyl halides is 1. The standard InChI is InChI=1S/C12H13Br3O/c13-9-3-4-11(14)10(6-9)12(15)8-2-1-5-16-7-8/h3-4,6,8,12H,1-2,5,7H2. The molecule has 1 aromatic rings. The van der Waals surface area contributed by atoms with Crippen LogP contribution in [-0.2, 0) is 4.74 Å². The first-order valence-electron chi connectivity index (χ1n) is 5.35. The van der Waals surface area contributed by atoms with Gasteiger partial charge in [0.2, 0.25) is 0 Å². The van der Waals surface area contributed by atoms with Gasteiger partial charge in [-0.3, -0.25) is 0 Å². The Morgan fingerprint density at radius 3 is 2.81 bits per heavy atom. The molecule has 0 spiro atoms. The highest BCUT2D eigenvalue weighted by Crippen LogP contribution is 2.40. The highest BCUT2D eigenvalue weighted by atomic mass is 79.9. The van der Waals surface area contributed by atoms with Crippen LogP contribution in [0.4, 0.5) is 0 Å². The van der Waals surface area contributed by atoms with E-state index in [9.17, 15) is 0 Å². The zero-order chi connectivity index (χ0) is 11.5. The fraction of sp³-hybridized carbons (Fsp3) is 0.500. The smallest absolute Gasteiger partial charge is 0.0508 e. The summed E-state index contributed by atoms with van der Waals surface area (Å²) in [6, 6.07) is 6.29. The maximum atomic E-state index is 5.54. The first kappa shape index (κ1) is 13.1. The van der Waals surface area contributed by atoms with Crippen LogP contribution in [0.3, 0.4) is 0 Å². The van der Waals surface area contributed by atoms with Crippen molar-refractivity contribution in [3.05, 3.63) is 32.7 Å². The molecule has 2 unspecified atom stereocenters. The third-order valence-corrected chi connectivity index (χ3v) is 5.32. The largest absolute Gasteiger partial charge is 0.381 e. The number of halogens is 3. The van der Waals surface area contributed by atoms with E-state index in [0.29, 0.717) is 10.7 Å². The lowest BCUT2D eigenvalue weighted by molar-refractivity contribution is 0.0545. The predicted octanol–water partition coefficient (Wildman–Crippen LogP) is 5.07. The quantitative estimate of drug-likeness (QED) is 0.616. The molecule has 0 saturated carbocycles. The minimum absolute atomic E-state index is 0.361. The van der Waals surface area contributed by atoms with Crippen LogP contribution in [0.25, 0.3) is 0 Å². The lowest BCUT2D eigenvalue weighted by atomic mass is 9.94. The minimum Gasteiger partial charge on any atom is -0.381 e. The summed E-state index contributed by atoms with van der Waals surface area (Å²) in [5, 5.41) is 0. The Hall–Kier alpha value is 0.620. The van der Waals surface area contributed by atoms with E-state index in [2.05, 4.69) is 59.9 Å². The summed E-state index contributed by atoms with van der Waals surface area (Å²) in [6.45, 7) is 1.77. The van der Waals surface area contributed by atoms with Gasteiger partial charge in [0.15, 0.2) is 0 Å². The van der Waals surface area contributed by atoms with Crippen molar-refractivity contribution in [2.45, 2.75) is 17.7 Å². The Morgan fingerprint density at radius 1 is 1.31 bits per heavy atom. The molecule has 88 valence electrons. The van der Waals surface area contributed by atoms with Gasteiger partial charge in [0.25, 0.3) is 0 Å². The van der Waals surface area contributed by atoms with Gasteiger partial charge in [-0.2, -0.15) is 0 Å². The van der Waals surface area contributed by atoms with Gasteiger partial charge in [-0.05, 0) is 42.5 Å². The summed E-state index contributed by atoms with van der Waals surface area (Å²) in [7, 11) is 0. The molecular formula is C12H13Br3O. The van der Waals surface area contributed by atoms with Crippen molar-refractivity contribution < 1.29 is 4.74 Å². The topological polar surface area (TPSA) is 9.23 Å². The Bertz CT molecular complexity index is 361. The zero-order valence-electron chi connectivity index (χ0n) is 8.76. The van der Waals surface area contributed by atoms with Crippen LogP contribution in [0.1, 0.15) is 23.2 Å². The second-order valence-electron chi connectivity index (χ2n) is 4.04. The molecule has 0 aromatic heterocycles. The van der Waals surface area contributed by atoms with Crippen molar-refractivity contribution in [2.75, 3.05) is 13.2 Å².